The van der Waals surface area contributed by atoms with Crippen molar-refractivity contribution in [3.8, 4) is 29.7 Å². The van der Waals surface area contributed by atoms with Crippen LogP contribution >= 0.6 is 0 Å². The van der Waals surface area contributed by atoms with Gasteiger partial charge in [-0.2, -0.15) is 15.8 Å². The van der Waals surface area contributed by atoms with E-state index in [9.17, 15) is 15.8 Å². The van der Waals surface area contributed by atoms with Crippen LogP contribution in [0.15, 0.2) is 41.1 Å². The van der Waals surface area contributed by atoms with Crippen LogP contribution in [0.2, 0.25) is 0 Å². The maximum atomic E-state index is 10.2. The van der Waals surface area contributed by atoms with Crippen LogP contribution in [0, 0.1) is 45.3 Å². The molecule has 0 amide bonds. The van der Waals surface area contributed by atoms with Gasteiger partial charge in [-0.3, -0.25) is 4.90 Å². The van der Waals surface area contributed by atoms with Crippen LogP contribution in [0.25, 0.3) is 0 Å². The molecule has 7 heteroatoms. The average Bonchev–Trinajstić information content (AvgIpc) is 2.81. The Kier molecular flexibility index (Phi) is 6.78. The van der Waals surface area contributed by atoms with Gasteiger partial charge in [0, 0.05) is 31.0 Å². The van der Waals surface area contributed by atoms with E-state index in [1.807, 2.05) is 31.2 Å². The van der Waals surface area contributed by atoms with Crippen molar-refractivity contribution in [3.05, 3.63) is 46.7 Å². The molecule has 3 rings (SSSR count). The number of rotatable bonds is 6. The molecule has 1 aromatic rings. The van der Waals surface area contributed by atoms with Crippen LogP contribution in [-0.2, 0) is 0 Å². The number of methoxy groups -OCH3 is 1. The summed E-state index contributed by atoms with van der Waals surface area (Å²) in [5.74, 6) is 0.352. The molecule has 166 valence electrons. The van der Waals surface area contributed by atoms with Gasteiger partial charge in [0.15, 0.2) is 16.9 Å². The van der Waals surface area contributed by atoms with Gasteiger partial charge in [-0.15, -0.1) is 0 Å². The van der Waals surface area contributed by atoms with E-state index in [0.29, 0.717) is 31.2 Å². The Labute approximate surface area is 189 Å². The lowest BCUT2D eigenvalue weighted by molar-refractivity contribution is 0.174. The Morgan fingerprint density at radius 2 is 1.94 bits per heavy atom. The SMILES string of the molecule is CCCOc1ccc([C@@H]2[C@@H]3CN(C(C)C)CC=C3C(C#N)=C(N)C2(C#N)C#N)cc1OC. The quantitative estimate of drug-likeness (QED) is 0.730. The number of fused-ring (bicyclic) bond motifs is 1. The minimum atomic E-state index is -1.66. The van der Waals surface area contributed by atoms with Crippen LogP contribution in [0.5, 0.6) is 11.5 Å². The van der Waals surface area contributed by atoms with Gasteiger partial charge >= 0.3 is 0 Å². The number of ether oxygens (including phenoxy) is 2. The topological polar surface area (TPSA) is 119 Å². The predicted molar refractivity (Wildman–Crippen MR) is 120 cm³/mol. The number of benzene rings is 1. The number of nitriles is 3. The average molecular weight is 432 g/mol. The molecule has 0 spiro atoms. The summed E-state index contributed by atoms with van der Waals surface area (Å²) in [7, 11) is 1.56. The molecule has 32 heavy (non-hydrogen) atoms. The molecule has 0 fully saturated rings. The standard InChI is InChI=1S/C25H29N5O2/c1-5-10-32-21-7-6-17(11-22(21)31-4)23-20-13-30(16(2)3)9-8-18(20)19(12-26)24(29)25(23,14-27)15-28/h6-8,11,16,20,23H,5,9-10,13,29H2,1-4H3/t20-,23-/m1/s1. The van der Waals surface area contributed by atoms with E-state index in [4.69, 9.17) is 15.2 Å². The van der Waals surface area contributed by atoms with Gasteiger partial charge in [0.1, 0.15) is 6.07 Å². The molecule has 0 aromatic heterocycles. The molecule has 1 aliphatic heterocycles. The maximum absolute atomic E-state index is 10.2. The van der Waals surface area contributed by atoms with E-state index in [0.717, 1.165) is 17.6 Å². The van der Waals surface area contributed by atoms with Crippen molar-refractivity contribution in [3.63, 3.8) is 0 Å². The van der Waals surface area contributed by atoms with Crippen LogP contribution in [0.4, 0.5) is 0 Å². The zero-order chi connectivity index (χ0) is 23.5. The highest BCUT2D eigenvalue weighted by molar-refractivity contribution is 5.60. The summed E-state index contributed by atoms with van der Waals surface area (Å²) in [4.78, 5) is 2.27. The number of hydrogen-bond acceptors (Lipinski definition) is 7. The van der Waals surface area contributed by atoms with Crippen LogP contribution in [-0.4, -0.2) is 37.7 Å². The number of allylic oxidation sites excluding steroid dienone is 2. The molecule has 2 N–H and O–H groups in total. The summed E-state index contributed by atoms with van der Waals surface area (Å²) < 4.78 is 11.3. The highest BCUT2D eigenvalue weighted by atomic mass is 16.5. The second-order valence-corrected chi connectivity index (χ2v) is 8.48. The van der Waals surface area contributed by atoms with Gasteiger partial charge in [-0.25, -0.2) is 0 Å². The van der Waals surface area contributed by atoms with E-state index in [1.54, 1.807) is 7.11 Å². The Balaban J connectivity index is 2.24. The monoisotopic (exact) mass is 431 g/mol. The third-order valence-corrected chi connectivity index (χ3v) is 6.43. The van der Waals surface area contributed by atoms with Gasteiger partial charge < -0.3 is 15.2 Å². The third-order valence-electron chi connectivity index (χ3n) is 6.43. The minimum Gasteiger partial charge on any atom is -0.493 e. The first-order valence-electron chi connectivity index (χ1n) is 10.9. The number of hydrogen-bond donors (Lipinski definition) is 1. The largest absolute Gasteiger partial charge is 0.493 e. The lowest BCUT2D eigenvalue weighted by atomic mass is 9.58. The number of nitrogens with zero attached hydrogens (tertiary/aromatic N) is 4. The maximum Gasteiger partial charge on any atom is 0.191 e. The second kappa shape index (κ2) is 9.35. The van der Waals surface area contributed by atoms with E-state index in [1.165, 1.54) is 0 Å². The molecule has 0 saturated carbocycles. The molecular formula is C25H29N5O2. The summed E-state index contributed by atoms with van der Waals surface area (Å²) in [5, 5.41) is 30.3. The van der Waals surface area contributed by atoms with Gasteiger partial charge in [-0.1, -0.05) is 19.1 Å². The summed E-state index contributed by atoms with van der Waals surface area (Å²) in [6, 6.07) is 12.3. The highest BCUT2D eigenvalue weighted by Gasteiger charge is 2.54. The zero-order valence-corrected chi connectivity index (χ0v) is 19.1. The van der Waals surface area contributed by atoms with E-state index >= 15 is 0 Å². The molecule has 2 aliphatic rings. The van der Waals surface area contributed by atoms with Gasteiger partial charge in [0.2, 0.25) is 0 Å². The molecule has 1 heterocycles. The first-order chi connectivity index (χ1) is 15.4. The van der Waals surface area contributed by atoms with E-state index in [-0.39, 0.29) is 23.2 Å². The van der Waals surface area contributed by atoms with Crippen molar-refractivity contribution in [1.82, 2.24) is 4.90 Å². The lowest BCUT2D eigenvalue weighted by Crippen LogP contribution is -2.49. The molecule has 0 unspecified atom stereocenters. The van der Waals surface area contributed by atoms with Gasteiger partial charge in [0.05, 0.1) is 37.1 Å². The summed E-state index contributed by atoms with van der Waals surface area (Å²) in [6.45, 7) is 8.10. The molecule has 0 radical (unpaired) electrons. The summed E-state index contributed by atoms with van der Waals surface area (Å²) in [5.41, 5.74) is 6.59. The molecule has 0 saturated heterocycles. The van der Waals surface area contributed by atoms with Crippen molar-refractivity contribution < 1.29 is 9.47 Å². The smallest absolute Gasteiger partial charge is 0.191 e. The van der Waals surface area contributed by atoms with Crippen molar-refractivity contribution in [2.24, 2.45) is 17.1 Å². The fraction of sp³-hybridized carbons (Fsp3) is 0.480. The lowest BCUT2D eigenvalue weighted by Gasteiger charge is -2.46. The molecule has 1 aliphatic carbocycles. The Bertz CT molecular complexity index is 1050. The Morgan fingerprint density at radius 1 is 1.22 bits per heavy atom. The predicted octanol–water partition coefficient (Wildman–Crippen LogP) is 3.62. The van der Waals surface area contributed by atoms with Crippen molar-refractivity contribution in [2.75, 3.05) is 26.8 Å². The van der Waals surface area contributed by atoms with Crippen LogP contribution < -0.4 is 15.2 Å². The zero-order valence-electron chi connectivity index (χ0n) is 19.1. The first kappa shape index (κ1) is 23.2. The van der Waals surface area contributed by atoms with E-state index in [2.05, 4.69) is 37.0 Å². The summed E-state index contributed by atoms with van der Waals surface area (Å²) >= 11 is 0. The minimum absolute atomic E-state index is 0.0285. The Hall–Kier alpha value is -3.47. The second-order valence-electron chi connectivity index (χ2n) is 8.48. The molecule has 0 bridgehead atoms. The normalized spacial score (nSPS) is 22.2. The highest BCUT2D eigenvalue weighted by Crippen LogP contribution is 2.55. The molecule has 2 atom stereocenters. The third kappa shape index (κ3) is 3.68. The van der Waals surface area contributed by atoms with Crippen molar-refractivity contribution in [2.45, 2.75) is 39.2 Å². The fourth-order valence-electron chi connectivity index (χ4n) is 4.71. The van der Waals surface area contributed by atoms with Crippen molar-refractivity contribution >= 4 is 0 Å². The number of nitrogens with two attached hydrogens (primary N) is 1. The van der Waals surface area contributed by atoms with Crippen molar-refractivity contribution in [1.29, 1.82) is 15.8 Å². The molecule has 1 aromatic carbocycles. The van der Waals surface area contributed by atoms with E-state index < -0.39 is 11.3 Å². The first-order valence-corrected chi connectivity index (χ1v) is 10.9. The van der Waals surface area contributed by atoms with Crippen LogP contribution in [0.3, 0.4) is 0 Å². The molecular weight excluding hydrogens is 402 g/mol. The van der Waals surface area contributed by atoms with Crippen LogP contribution in [0.1, 0.15) is 38.7 Å². The van der Waals surface area contributed by atoms with Gasteiger partial charge in [0.25, 0.3) is 0 Å². The fourth-order valence-corrected chi connectivity index (χ4v) is 4.71. The molecule has 7 nitrogen and oxygen atoms in total. The Morgan fingerprint density at radius 3 is 2.50 bits per heavy atom. The summed E-state index contributed by atoms with van der Waals surface area (Å²) in [6.07, 6.45) is 2.88. The van der Waals surface area contributed by atoms with Gasteiger partial charge in [-0.05, 0) is 43.5 Å².